The van der Waals surface area contributed by atoms with Gasteiger partial charge in [-0.3, -0.25) is 9.59 Å². The number of aliphatic carboxylic acids is 1. The Morgan fingerprint density at radius 2 is 1.80 bits per heavy atom. The van der Waals surface area contributed by atoms with Crippen LogP contribution in [0.3, 0.4) is 0 Å². The maximum atomic E-state index is 12.1. The number of carbonyl (C=O) groups excluding carboxylic acids is 1. The third-order valence-electron chi connectivity index (χ3n) is 3.79. The second-order valence-electron chi connectivity index (χ2n) is 5.41. The van der Waals surface area contributed by atoms with Gasteiger partial charge in [0.1, 0.15) is 0 Å². The smallest absolute Gasteiger partial charge is 0.303 e. The normalized spacial score (nSPS) is 16.9. The van der Waals surface area contributed by atoms with E-state index in [0.717, 1.165) is 31.2 Å². The van der Waals surface area contributed by atoms with Crippen LogP contribution < -0.4 is 11.1 Å². The lowest BCUT2D eigenvalue weighted by Gasteiger charge is -2.22. The van der Waals surface area contributed by atoms with Crippen molar-refractivity contribution >= 4 is 17.6 Å². The fourth-order valence-corrected chi connectivity index (χ4v) is 2.49. The van der Waals surface area contributed by atoms with Crippen LogP contribution in [0.1, 0.15) is 37.7 Å². The Hall–Kier alpha value is -1.88. The number of amides is 1. The molecule has 0 bridgehead atoms. The highest BCUT2D eigenvalue weighted by Gasteiger charge is 2.36. The van der Waals surface area contributed by atoms with Crippen molar-refractivity contribution in [1.82, 2.24) is 0 Å². The van der Waals surface area contributed by atoms with Gasteiger partial charge in [0.05, 0.1) is 5.54 Å². The van der Waals surface area contributed by atoms with Crippen molar-refractivity contribution in [3.63, 3.8) is 0 Å². The molecular formula is C15H20N2O3. The minimum absolute atomic E-state index is 0.109. The molecule has 0 radical (unpaired) electrons. The summed E-state index contributed by atoms with van der Waals surface area (Å²) < 4.78 is 0. The van der Waals surface area contributed by atoms with Crippen LogP contribution in [0.5, 0.6) is 0 Å². The van der Waals surface area contributed by atoms with Gasteiger partial charge in [0.25, 0.3) is 0 Å². The first-order valence-corrected chi connectivity index (χ1v) is 6.91. The fourth-order valence-electron chi connectivity index (χ4n) is 2.49. The van der Waals surface area contributed by atoms with E-state index in [-0.39, 0.29) is 12.3 Å². The summed E-state index contributed by atoms with van der Waals surface area (Å²) in [6, 6.07) is 7.23. The average molecular weight is 276 g/mol. The van der Waals surface area contributed by atoms with Gasteiger partial charge < -0.3 is 16.2 Å². The summed E-state index contributed by atoms with van der Waals surface area (Å²) in [5, 5.41) is 11.5. The summed E-state index contributed by atoms with van der Waals surface area (Å²) in [5.74, 6) is -0.943. The molecule has 0 heterocycles. The summed E-state index contributed by atoms with van der Waals surface area (Å²) >= 11 is 0. The second kappa shape index (κ2) is 6.05. The van der Waals surface area contributed by atoms with Gasteiger partial charge in [-0.1, -0.05) is 25.0 Å². The zero-order chi connectivity index (χ0) is 14.6. The van der Waals surface area contributed by atoms with Crippen LogP contribution >= 0.6 is 0 Å². The SMILES string of the molecule is NC1(C(=O)Nc2ccc(CCC(=O)O)cc2)CCCC1. The van der Waals surface area contributed by atoms with Crippen LogP contribution in [0.2, 0.25) is 0 Å². The van der Waals surface area contributed by atoms with Crippen molar-refractivity contribution < 1.29 is 14.7 Å². The number of aryl methyl sites for hydroxylation is 1. The summed E-state index contributed by atoms with van der Waals surface area (Å²) in [5.41, 5.74) is 6.99. The second-order valence-corrected chi connectivity index (χ2v) is 5.41. The molecule has 5 heteroatoms. The molecule has 2 rings (SSSR count). The lowest BCUT2D eigenvalue weighted by Crippen LogP contribution is -2.48. The van der Waals surface area contributed by atoms with Crippen molar-refractivity contribution in [2.75, 3.05) is 5.32 Å². The predicted molar refractivity (Wildman–Crippen MR) is 76.4 cm³/mol. The molecule has 0 unspecified atom stereocenters. The van der Waals surface area contributed by atoms with Crippen molar-refractivity contribution in [2.24, 2.45) is 5.73 Å². The molecule has 20 heavy (non-hydrogen) atoms. The van der Waals surface area contributed by atoms with E-state index in [9.17, 15) is 9.59 Å². The molecule has 1 amide bonds. The maximum Gasteiger partial charge on any atom is 0.303 e. The van der Waals surface area contributed by atoms with E-state index in [1.807, 2.05) is 12.1 Å². The van der Waals surface area contributed by atoms with E-state index in [4.69, 9.17) is 10.8 Å². The third kappa shape index (κ3) is 3.57. The van der Waals surface area contributed by atoms with E-state index in [1.165, 1.54) is 0 Å². The van der Waals surface area contributed by atoms with E-state index in [2.05, 4.69) is 5.32 Å². The number of nitrogens with two attached hydrogens (primary N) is 1. The van der Waals surface area contributed by atoms with E-state index < -0.39 is 11.5 Å². The van der Waals surface area contributed by atoms with Crippen LogP contribution in [0.15, 0.2) is 24.3 Å². The minimum Gasteiger partial charge on any atom is -0.481 e. The summed E-state index contributed by atoms with van der Waals surface area (Å²) in [6.45, 7) is 0. The van der Waals surface area contributed by atoms with E-state index in [1.54, 1.807) is 12.1 Å². The summed E-state index contributed by atoms with van der Waals surface area (Å²) in [7, 11) is 0. The Balaban J connectivity index is 1.93. The third-order valence-corrected chi connectivity index (χ3v) is 3.79. The molecule has 0 aliphatic heterocycles. The Kier molecular flexibility index (Phi) is 4.39. The Labute approximate surface area is 118 Å². The lowest BCUT2D eigenvalue weighted by molar-refractivity contribution is -0.137. The van der Waals surface area contributed by atoms with Gasteiger partial charge in [-0.15, -0.1) is 0 Å². The van der Waals surface area contributed by atoms with Crippen LogP contribution in [-0.4, -0.2) is 22.5 Å². The standard InChI is InChI=1S/C15H20N2O3/c16-15(9-1-2-10-15)14(20)17-12-6-3-11(4-7-12)5-8-13(18)19/h3-4,6-7H,1-2,5,8-10,16H2,(H,17,20)(H,18,19). The first-order chi connectivity index (χ1) is 9.49. The molecule has 4 N–H and O–H groups in total. The number of rotatable bonds is 5. The quantitative estimate of drug-likeness (QED) is 0.766. The molecule has 0 spiro atoms. The van der Waals surface area contributed by atoms with E-state index in [0.29, 0.717) is 12.1 Å². The number of carbonyl (C=O) groups is 2. The molecule has 0 atom stereocenters. The number of hydrogen-bond acceptors (Lipinski definition) is 3. The van der Waals surface area contributed by atoms with Gasteiger partial charge in [-0.25, -0.2) is 0 Å². The molecule has 1 aliphatic carbocycles. The highest BCUT2D eigenvalue weighted by Crippen LogP contribution is 2.28. The highest BCUT2D eigenvalue weighted by atomic mass is 16.4. The number of benzene rings is 1. The molecule has 1 aromatic carbocycles. The molecule has 1 saturated carbocycles. The minimum atomic E-state index is -0.811. The molecule has 0 aromatic heterocycles. The zero-order valence-electron chi connectivity index (χ0n) is 11.4. The van der Waals surface area contributed by atoms with Gasteiger partial charge in [-0.2, -0.15) is 0 Å². The van der Waals surface area contributed by atoms with Gasteiger partial charge >= 0.3 is 5.97 Å². The summed E-state index contributed by atoms with van der Waals surface area (Å²) in [6.07, 6.45) is 4.06. The van der Waals surface area contributed by atoms with Crippen LogP contribution in [0, 0.1) is 0 Å². The topological polar surface area (TPSA) is 92.4 Å². The highest BCUT2D eigenvalue weighted by molar-refractivity contribution is 5.98. The molecule has 1 aromatic rings. The van der Waals surface area contributed by atoms with Crippen molar-refractivity contribution in [2.45, 2.75) is 44.1 Å². The molecule has 1 fully saturated rings. The zero-order valence-corrected chi connectivity index (χ0v) is 11.4. The lowest BCUT2D eigenvalue weighted by atomic mass is 9.98. The monoisotopic (exact) mass is 276 g/mol. The number of carboxylic acid groups (broad SMARTS) is 1. The Bertz CT molecular complexity index is 490. The van der Waals surface area contributed by atoms with Crippen LogP contribution in [-0.2, 0) is 16.0 Å². The molecule has 0 saturated heterocycles. The van der Waals surface area contributed by atoms with Crippen molar-refractivity contribution in [3.05, 3.63) is 29.8 Å². The average Bonchev–Trinajstić information content (AvgIpc) is 2.86. The number of carboxylic acids is 1. The fraction of sp³-hybridized carbons (Fsp3) is 0.467. The number of hydrogen-bond donors (Lipinski definition) is 3. The van der Waals surface area contributed by atoms with Crippen molar-refractivity contribution in [1.29, 1.82) is 0 Å². The van der Waals surface area contributed by atoms with Gasteiger partial charge in [0.15, 0.2) is 0 Å². The maximum absolute atomic E-state index is 12.1. The molecule has 5 nitrogen and oxygen atoms in total. The predicted octanol–water partition coefficient (Wildman–Crippen LogP) is 1.91. The molecule has 108 valence electrons. The Morgan fingerprint density at radius 3 is 2.35 bits per heavy atom. The molecular weight excluding hydrogens is 256 g/mol. The number of anilines is 1. The first kappa shape index (κ1) is 14.5. The van der Waals surface area contributed by atoms with Crippen LogP contribution in [0.25, 0.3) is 0 Å². The van der Waals surface area contributed by atoms with Gasteiger partial charge in [0.2, 0.25) is 5.91 Å². The largest absolute Gasteiger partial charge is 0.481 e. The molecule has 1 aliphatic rings. The van der Waals surface area contributed by atoms with Gasteiger partial charge in [-0.05, 0) is 37.0 Å². The van der Waals surface area contributed by atoms with Crippen molar-refractivity contribution in [3.8, 4) is 0 Å². The summed E-state index contributed by atoms with van der Waals surface area (Å²) in [4.78, 5) is 22.6. The van der Waals surface area contributed by atoms with Crippen LogP contribution in [0.4, 0.5) is 5.69 Å². The number of nitrogens with one attached hydrogen (secondary N) is 1. The first-order valence-electron chi connectivity index (χ1n) is 6.91. The van der Waals surface area contributed by atoms with E-state index >= 15 is 0 Å². The Morgan fingerprint density at radius 1 is 1.20 bits per heavy atom. The van der Waals surface area contributed by atoms with Gasteiger partial charge in [0, 0.05) is 12.1 Å².